The Hall–Kier alpha value is -0.830. The highest BCUT2D eigenvalue weighted by molar-refractivity contribution is 7.87. The van der Waals surface area contributed by atoms with Crippen LogP contribution in [0.15, 0.2) is 0 Å². The summed E-state index contributed by atoms with van der Waals surface area (Å²) < 4.78 is 68.0. The van der Waals surface area contributed by atoms with E-state index in [1.54, 1.807) is 20.8 Å². The van der Waals surface area contributed by atoms with Gasteiger partial charge >= 0.3 is 21.6 Å². The molecule has 1 aliphatic rings. The summed E-state index contributed by atoms with van der Waals surface area (Å²) in [5.41, 5.74) is -7.64. The first-order valence-electron chi connectivity index (χ1n) is 6.48. The third-order valence-corrected chi connectivity index (χ3v) is 4.16. The lowest BCUT2D eigenvalue weighted by Gasteiger charge is -2.30. The Morgan fingerprint density at radius 3 is 2.00 bits per heavy atom. The number of hydrogen-bond acceptors (Lipinski definition) is 5. The van der Waals surface area contributed by atoms with Crippen molar-refractivity contribution in [3.05, 3.63) is 0 Å². The molecule has 124 valence electrons. The highest BCUT2D eigenvalue weighted by atomic mass is 32.2. The average molecular weight is 332 g/mol. The molecule has 0 heterocycles. The average Bonchev–Trinajstić information content (AvgIpc) is 2.72. The predicted octanol–water partition coefficient (Wildman–Crippen LogP) is 2.75. The first-order valence-corrected chi connectivity index (χ1v) is 7.89. The van der Waals surface area contributed by atoms with Gasteiger partial charge in [0.15, 0.2) is 0 Å². The molecule has 0 N–H and O–H groups in total. The number of alkyl halides is 3. The monoisotopic (exact) mass is 332 g/mol. The topological polar surface area (TPSA) is 69.7 Å². The van der Waals surface area contributed by atoms with Crippen LogP contribution in [-0.2, 0) is 23.8 Å². The highest BCUT2D eigenvalue weighted by Gasteiger charge is 2.51. The number of hydrogen-bond donors (Lipinski definition) is 0. The lowest BCUT2D eigenvalue weighted by Crippen LogP contribution is -2.41. The maximum Gasteiger partial charge on any atom is 0.523 e. The van der Waals surface area contributed by atoms with Crippen LogP contribution in [0.3, 0.4) is 0 Å². The quantitative estimate of drug-likeness (QED) is 0.450. The van der Waals surface area contributed by atoms with Crippen molar-refractivity contribution in [2.75, 3.05) is 6.61 Å². The van der Waals surface area contributed by atoms with Crippen LogP contribution in [0.25, 0.3) is 0 Å². The van der Waals surface area contributed by atoms with Gasteiger partial charge in [-0.3, -0.25) is 8.98 Å². The summed E-state index contributed by atoms with van der Waals surface area (Å²) in [5, 5.41) is 0. The molecule has 0 bridgehead atoms. The molecule has 0 aromatic carbocycles. The van der Waals surface area contributed by atoms with Crippen molar-refractivity contribution in [1.29, 1.82) is 0 Å². The van der Waals surface area contributed by atoms with Crippen LogP contribution in [0.2, 0.25) is 0 Å². The number of rotatable bonds is 4. The van der Waals surface area contributed by atoms with Gasteiger partial charge in [0.25, 0.3) is 0 Å². The summed E-state index contributed by atoms with van der Waals surface area (Å²) in [4.78, 5) is 12.2. The summed E-state index contributed by atoms with van der Waals surface area (Å²) in [7, 11) is -5.71. The molecule has 21 heavy (non-hydrogen) atoms. The number of carbonyl (C=O) groups is 1. The lowest BCUT2D eigenvalue weighted by atomic mass is 9.87. The van der Waals surface area contributed by atoms with Gasteiger partial charge in [-0.15, -0.1) is 0 Å². The second kappa shape index (κ2) is 5.75. The van der Waals surface area contributed by atoms with Gasteiger partial charge < -0.3 is 4.74 Å². The molecule has 0 radical (unpaired) electrons. The molecule has 1 saturated carbocycles. The van der Waals surface area contributed by atoms with Crippen LogP contribution in [0.1, 0.15) is 46.5 Å². The normalized spacial score (nSPS) is 19.5. The summed E-state index contributed by atoms with van der Waals surface area (Å²) in [6.07, 6.45) is 1.70. The molecule has 5 nitrogen and oxygen atoms in total. The molecule has 0 aromatic heterocycles. The molecule has 1 aliphatic carbocycles. The minimum Gasteiger partial charge on any atom is -0.459 e. The van der Waals surface area contributed by atoms with E-state index in [2.05, 4.69) is 4.18 Å². The maximum absolute atomic E-state index is 12.3. The van der Waals surface area contributed by atoms with Crippen LogP contribution < -0.4 is 0 Å². The van der Waals surface area contributed by atoms with Crippen molar-refractivity contribution in [3.8, 4) is 0 Å². The standard InChI is InChI=1S/C12H19F3O5S/c1-10(2,3)20-9(16)11(6-4-5-7-11)8-19-21(17,18)12(13,14)15/h4-8H2,1-3H3. The zero-order valence-electron chi connectivity index (χ0n) is 12.1. The fourth-order valence-electron chi connectivity index (χ4n) is 2.10. The van der Waals surface area contributed by atoms with Gasteiger partial charge in [-0.05, 0) is 33.6 Å². The van der Waals surface area contributed by atoms with Crippen molar-refractivity contribution >= 4 is 16.1 Å². The summed E-state index contributed by atoms with van der Waals surface area (Å²) in [5.74, 6) is -0.718. The molecular weight excluding hydrogens is 313 g/mol. The van der Waals surface area contributed by atoms with E-state index < -0.39 is 39.2 Å². The van der Waals surface area contributed by atoms with E-state index >= 15 is 0 Å². The van der Waals surface area contributed by atoms with E-state index in [1.807, 2.05) is 0 Å². The van der Waals surface area contributed by atoms with Gasteiger partial charge in [0, 0.05) is 0 Å². The minimum absolute atomic E-state index is 0.245. The maximum atomic E-state index is 12.3. The van der Waals surface area contributed by atoms with Crippen molar-refractivity contribution < 1.29 is 35.3 Å². The summed E-state index contributed by atoms with van der Waals surface area (Å²) >= 11 is 0. The van der Waals surface area contributed by atoms with Gasteiger partial charge in [0.2, 0.25) is 0 Å². The Morgan fingerprint density at radius 1 is 1.14 bits per heavy atom. The van der Waals surface area contributed by atoms with Crippen LogP contribution in [0.4, 0.5) is 13.2 Å². The van der Waals surface area contributed by atoms with E-state index in [4.69, 9.17) is 4.74 Å². The molecule has 1 rings (SSSR count). The Morgan fingerprint density at radius 2 is 1.62 bits per heavy atom. The van der Waals surface area contributed by atoms with Crippen LogP contribution in [0.5, 0.6) is 0 Å². The molecule has 0 saturated heterocycles. The summed E-state index contributed by atoms with van der Waals surface area (Å²) in [6, 6.07) is 0. The van der Waals surface area contributed by atoms with Crippen molar-refractivity contribution in [2.24, 2.45) is 5.41 Å². The fourth-order valence-corrected chi connectivity index (χ4v) is 2.62. The van der Waals surface area contributed by atoms with Crippen LogP contribution >= 0.6 is 0 Å². The van der Waals surface area contributed by atoms with Gasteiger partial charge in [0.1, 0.15) is 5.60 Å². The third-order valence-electron chi connectivity index (χ3n) is 3.17. The first-order chi connectivity index (χ1) is 9.29. The SMILES string of the molecule is CC(C)(C)OC(=O)C1(COS(=O)(=O)C(F)(F)F)CCCC1. The zero-order valence-corrected chi connectivity index (χ0v) is 12.9. The molecule has 9 heteroatoms. The second-order valence-corrected chi connectivity index (χ2v) is 7.76. The molecule has 0 unspecified atom stereocenters. The van der Waals surface area contributed by atoms with E-state index in [9.17, 15) is 26.4 Å². The first kappa shape index (κ1) is 18.2. The second-order valence-electron chi connectivity index (χ2n) is 6.15. The summed E-state index contributed by atoms with van der Waals surface area (Å²) in [6.45, 7) is 4.03. The Kier molecular flexibility index (Phi) is 4.99. The van der Waals surface area contributed by atoms with Crippen molar-refractivity contribution in [3.63, 3.8) is 0 Å². The van der Waals surface area contributed by atoms with E-state index in [0.717, 1.165) is 0 Å². The smallest absolute Gasteiger partial charge is 0.459 e. The van der Waals surface area contributed by atoms with Crippen LogP contribution in [-0.4, -0.2) is 32.1 Å². The van der Waals surface area contributed by atoms with E-state index in [1.165, 1.54) is 0 Å². The Labute approximate surface area is 121 Å². The third kappa shape index (κ3) is 4.57. The predicted molar refractivity (Wildman–Crippen MR) is 67.7 cm³/mol. The molecule has 0 spiro atoms. The van der Waals surface area contributed by atoms with Gasteiger partial charge in [-0.2, -0.15) is 21.6 Å². The van der Waals surface area contributed by atoms with Gasteiger partial charge in [0.05, 0.1) is 12.0 Å². The Balaban J connectivity index is 2.86. The molecule has 0 atom stereocenters. The number of ether oxygens (including phenoxy) is 1. The number of esters is 1. The highest BCUT2D eigenvalue weighted by Crippen LogP contribution is 2.41. The molecule has 0 aromatic rings. The van der Waals surface area contributed by atoms with Crippen LogP contribution in [0, 0.1) is 5.41 Å². The van der Waals surface area contributed by atoms with E-state index in [-0.39, 0.29) is 12.8 Å². The number of carbonyl (C=O) groups excluding carboxylic acids is 1. The minimum atomic E-state index is -5.71. The largest absolute Gasteiger partial charge is 0.523 e. The molecule has 1 fully saturated rings. The molecule has 0 aliphatic heterocycles. The van der Waals surface area contributed by atoms with Gasteiger partial charge in [-0.25, -0.2) is 0 Å². The number of halogens is 3. The fraction of sp³-hybridized carbons (Fsp3) is 0.917. The lowest BCUT2D eigenvalue weighted by molar-refractivity contribution is -0.169. The molecule has 0 amide bonds. The van der Waals surface area contributed by atoms with Crippen molar-refractivity contribution in [1.82, 2.24) is 0 Å². The Bertz CT molecular complexity index is 484. The van der Waals surface area contributed by atoms with Gasteiger partial charge in [-0.1, -0.05) is 12.8 Å². The zero-order chi connectivity index (χ0) is 16.5. The van der Waals surface area contributed by atoms with E-state index in [0.29, 0.717) is 12.8 Å². The van der Waals surface area contributed by atoms with Crippen molar-refractivity contribution in [2.45, 2.75) is 57.6 Å². The molecular formula is C12H19F3O5S.